The van der Waals surface area contributed by atoms with Crippen LogP contribution in [0.5, 0.6) is 0 Å². The molecule has 1 aromatic carbocycles. The molecule has 2 N–H and O–H groups in total. The van der Waals surface area contributed by atoms with Crippen LogP contribution >= 0.6 is 0 Å². The first-order chi connectivity index (χ1) is 8.54. The van der Waals surface area contributed by atoms with Crippen molar-refractivity contribution in [3.05, 3.63) is 35.4 Å². The Morgan fingerprint density at radius 2 is 2.17 bits per heavy atom. The number of hydrogen-bond acceptors (Lipinski definition) is 2. The van der Waals surface area contributed by atoms with E-state index in [1.54, 1.807) is 4.90 Å². The molecular formula is C15H24N2O. The summed E-state index contributed by atoms with van der Waals surface area (Å²) in [4.78, 5) is 13.9. The van der Waals surface area contributed by atoms with E-state index in [-0.39, 0.29) is 11.8 Å². The van der Waals surface area contributed by atoms with Gasteiger partial charge >= 0.3 is 0 Å². The molecule has 0 radical (unpaired) electrons. The van der Waals surface area contributed by atoms with Crippen LogP contribution in [0.3, 0.4) is 0 Å². The molecule has 1 rings (SSSR count). The van der Waals surface area contributed by atoms with E-state index in [2.05, 4.69) is 25.1 Å². The quantitative estimate of drug-likeness (QED) is 0.840. The lowest BCUT2D eigenvalue weighted by Gasteiger charge is -2.21. The molecule has 0 spiro atoms. The van der Waals surface area contributed by atoms with Gasteiger partial charge in [-0.2, -0.15) is 0 Å². The summed E-state index contributed by atoms with van der Waals surface area (Å²) in [5.74, 6) is 0.258. The van der Waals surface area contributed by atoms with Gasteiger partial charge in [0.05, 0.1) is 0 Å². The minimum absolute atomic E-state index is 0.0587. The SMILES string of the molecule is Cc1cccc(CN(C)C(=O)C(C)CCCN)c1. The summed E-state index contributed by atoms with van der Waals surface area (Å²) >= 11 is 0. The van der Waals surface area contributed by atoms with E-state index in [0.717, 1.165) is 12.8 Å². The normalized spacial score (nSPS) is 12.2. The van der Waals surface area contributed by atoms with Gasteiger partial charge in [-0.3, -0.25) is 4.79 Å². The molecular weight excluding hydrogens is 224 g/mol. The molecule has 0 heterocycles. The number of carbonyl (C=O) groups excluding carboxylic acids is 1. The zero-order valence-corrected chi connectivity index (χ0v) is 11.6. The highest BCUT2D eigenvalue weighted by molar-refractivity contribution is 5.78. The maximum atomic E-state index is 12.1. The minimum atomic E-state index is 0.0587. The second kappa shape index (κ2) is 7.17. The zero-order valence-electron chi connectivity index (χ0n) is 11.6. The van der Waals surface area contributed by atoms with Crippen molar-refractivity contribution in [1.29, 1.82) is 0 Å². The molecule has 0 aromatic heterocycles. The Kier molecular flexibility index (Phi) is 5.86. The summed E-state index contributed by atoms with van der Waals surface area (Å²) in [6.45, 7) is 5.37. The fourth-order valence-corrected chi connectivity index (χ4v) is 2.09. The molecule has 1 aromatic rings. The van der Waals surface area contributed by atoms with Crippen molar-refractivity contribution in [2.75, 3.05) is 13.6 Å². The molecule has 18 heavy (non-hydrogen) atoms. The van der Waals surface area contributed by atoms with Gasteiger partial charge in [-0.1, -0.05) is 36.8 Å². The minimum Gasteiger partial charge on any atom is -0.341 e. The first-order valence-electron chi connectivity index (χ1n) is 6.55. The molecule has 0 aliphatic carbocycles. The molecule has 100 valence electrons. The van der Waals surface area contributed by atoms with E-state index in [1.165, 1.54) is 11.1 Å². The van der Waals surface area contributed by atoms with Crippen LogP contribution < -0.4 is 5.73 Å². The molecule has 0 bridgehead atoms. The van der Waals surface area contributed by atoms with Crippen molar-refractivity contribution < 1.29 is 4.79 Å². The Morgan fingerprint density at radius 3 is 2.78 bits per heavy atom. The van der Waals surface area contributed by atoms with Crippen molar-refractivity contribution in [3.63, 3.8) is 0 Å². The molecule has 0 fully saturated rings. The van der Waals surface area contributed by atoms with Gasteiger partial charge in [-0.05, 0) is 31.9 Å². The van der Waals surface area contributed by atoms with E-state index in [4.69, 9.17) is 5.73 Å². The van der Waals surface area contributed by atoms with Crippen molar-refractivity contribution in [2.45, 2.75) is 33.2 Å². The number of hydrogen-bond donors (Lipinski definition) is 1. The van der Waals surface area contributed by atoms with Crippen LogP contribution in [0.15, 0.2) is 24.3 Å². The molecule has 0 aliphatic rings. The maximum Gasteiger partial charge on any atom is 0.225 e. The predicted molar refractivity (Wildman–Crippen MR) is 75.1 cm³/mol. The molecule has 0 saturated heterocycles. The maximum absolute atomic E-state index is 12.1. The van der Waals surface area contributed by atoms with Crippen LogP contribution in [0.2, 0.25) is 0 Å². The highest BCUT2D eigenvalue weighted by atomic mass is 16.2. The van der Waals surface area contributed by atoms with Crippen molar-refractivity contribution in [2.24, 2.45) is 11.7 Å². The number of amides is 1. The molecule has 3 heteroatoms. The molecule has 3 nitrogen and oxygen atoms in total. The van der Waals surface area contributed by atoms with Crippen LogP contribution in [0.1, 0.15) is 30.9 Å². The van der Waals surface area contributed by atoms with Gasteiger partial charge in [0.15, 0.2) is 0 Å². The lowest BCUT2D eigenvalue weighted by atomic mass is 10.0. The fraction of sp³-hybridized carbons (Fsp3) is 0.533. The monoisotopic (exact) mass is 248 g/mol. The first-order valence-corrected chi connectivity index (χ1v) is 6.55. The average Bonchev–Trinajstić information content (AvgIpc) is 2.35. The predicted octanol–water partition coefficient (Wildman–Crippen LogP) is 2.33. The van der Waals surface area contributed by atoms with Crippen LogP contribution in [-0.2, 0) is 11.3 Å². The van der Waals surface area contributed by atoms with Crippen LogP contribution in [-0.4, -0.2) is 24.4 Å². The van der Waals surface area contributed by atoms with Crippen LogP contribution in [0.4, 0.5) is 0 Å². The smallest absolute Gasteiger partial charge is 0.225 e. The largest absolute Gasteiger partial charge is 0.341 e. The third-order valence-corrected chi connectivity index (χ3v) is 3.14. The van der Waals surface area contributed by atoms with Gasteiger partial charge in [0.1, 0.15) is 0 Å². The van der Waals surface area contributed by atoms with Gasteiger partial charge in [-0.15, -0.1) is 0 Å². The number of nitrogens with two attached hydrogens (primary N) is 1. The average molecular weight is 248 g/mol. The fourth-order valence-electron chi connectivity index (χ4n) is 2.09. The lowest BCUT2D eigenvalue weighted by Crippen LogP contribution is -2.31. The van der Waals surface area contributed by atoms with E-state index >= 15 is 0 Å². The van der Waals surface area contributed by atoms with Gasteiger partial charge in [-0.25, -0.2) is 0 Å². The Bertz CT molecular complexity index is 390. The van der Waals surface area contributed by atoms with Gasteiger partial charge in [0.25, 0.3) is 0 Å². The van der Waals surface area contributed by atoms with Crippen molar-refractivity contribution in [1.82, 2.24) is 4.90 Å². The number of benzene rings is 1. The van der Waals surface area contributed by atoms with Crippen molar-refractivity contribution >= 4 is 5.91 Å². The molecule has 1 unspecified atom stereocenters. The van der Waals surface area contributed by atoms with Gasteiger partial charge in [0.2, 0.25) is 5.91 Å². The lowest BCUT2D eigenvalue weighted by molar-refractivity contribution is -0.134. The summed E-state index contributed by atoms with van der Waals surface area (Å²) in [5.41, 5.74) is 7.87. The van der Waals surface area contributed by atoms with Crippen LogP contribution in [0.25, 0.3) is 0 Å². The Balaban J connectivity index is 2.54. The second-order valence-electron chi connectivity index (χ2n) is 5.02. The summed E-state index contributed by atoms with van der Waals surface area (Å²) in [6.07, 6.45) is 1.78. The molecule has 0 aliphatic heterocycles. The van der Waals surface area contributed by atoms with E-state index in [1.807, 2.05) is 20.0 Å². The molecule has 1 amide bonds. The number of nitrogens with zero attached hydrogens (tertiary/aromatic N) is 1. The number of rotatable bonds is 6. The highest BCUT2D eigenvalue weighted by Gasteiger charge is 2.16. The molecule has 1 atom stereocenters. The topological polar surface area (TPSA) is 46.3 Å². The Labute approximate surface area is 110 Å². The zero-order chi connectivity index (χ0) is 13.5. The Hall–Kier alpha value is -1.35. The summed E-state index contributed by atoms with van der Waals surface area (Å²) in [6, 6.07) is 8.27. The first kappa shape index (κ1) is 14.7. The van der Waals surface area contributed by atoms with Gasteiger partial charge in [0, 0.05) is 19.5 Å². The van der Waals surface area contributed by atoms with E-state index < -0.39 is 0 Å². The third-order valence-electron chi connectivity index (χ3n) is 3.14. The number of carbonyl (C=O) groups is 1. The van der Waals surface area contributed by atoms with Gasteiger partial charge < -0.3 is 10.6 Å². The van der Waals surface area contributed by atoms with E-state index in [9.17, 15) is 4.79 Å². The summed E-state index contributed by atoms with van der Waals surface area (Å²) < 4.78 is 0. The highest BCUT2D eigenvalue weighted by Crippen LogP contribution is 2.12. The summed E-state index contributed by atoms with van der Waals surface area (Å²) in [5, 5.41) is 0. The van der Waals surface area contributed by atoms with Crippen LogP contribution in [0, 0.1) is 12.8 Å². The number of aryl methyl sites for hydroxylation is 1. The summed E-state index contributed by atoms with van der Waals surface area (Å²) in [7, 11) is 1.86. The van der Waals surface area contributed by atoms with E-state index in [0.29, 0.717) is 13.1 Å². The Morgan fingerprint density at radius 1 is 1.44 bits per heavy atom. The van der Waals surface area contributed by atoms with Crippen molar-refractivity contribution in [3.8, 4) is 0 Å². The third kappa shape index (κ3) is 4.49. The second-order valence-corrected chi connectivity index (χ2v) is 5.02. The molecule has 0 saturated carbocycles. The standard InChI is InChI=1S/C15H24N2O/c1-12-6-4-8-14(10-12)11-17(3)15(18)13(2)7-5-9-16/h4,6,8,10,13H,5,7,9,11,16H2,1-3H3.